The molecule has 0 bridgehead atoms. The molecule has 6 N–H and O–H groups in total. The van der Waals surface area contributed by atoms with Gasteiger partial charge in [-0.1, -0.05) is 320 Å². The SMILES string of the molecule is CCCCC/C=C/CC/C=C/C(O)C(COC1OC(CO)C(O)C(O)C1O)NC(=O)CCCCCCCCCCCCCCCCCC/C=C\CCCCCCCCCCCCCCOC(=O)CCCCCCCCCCCCCCCCCCC. The summed E-state index contributed by atoms with van der Waals surface area (Å²) in [7, 11) is 0. The van der Waals surface area contributed by atoms with Crippen LogP contribution in [0.3, 0.4) is 0 Å². The van der Waals surface area contributed by atoms with Crippen molar-refractivity contribution in [1.82, 2.24) is 5.32 Å². The van der Waals surface area contributed by atoms with Gasteiger partial charge < -0.3 is 45.1 Å². The number of hydrogen-bond donors (Lipinski definition) is 6. The molecule has 506 valence electrons. The van der Waals surface area contributed by atoms with Crippen molar-refractivity contribution in [2.75, 3.05) is 19.8 Å². The number of aliphatic hydroxyl groups excluding tert-OH is 5. The number of allylic oxidation sites excluding steroid dienone is 5. The van der Waals surface area contributed by atoms with Crippen molar-refractivity contribution in [1.29, 1.82) is 0 Å². The highest BCUT2D eigenvalue weighted by Crippen LogP contribution is 2.23. The van der Waals surface area contributed by atoms with Gasteiger partial charge in [-0.15, -0.1) is 0 Å². The lowest BCUT2D eigenvalue weighted by atomic mass is 9.99. The number of carbonyl (C=O) groups excluding carboxylic acids is 2. The minimum Gasteiger partial charge on any atom is -0.466 e. The van der Waals surface area contributed by atoms with Crippen LogP contribution in [0.2, 0.25) is 0 Å². The lowest BCUT2D eigenvalue weighted by molar-refractivity contribution is -0.302. The number of esters is 1. The molecule has 11 heteroatoms. The van der Waals surface area contributed by atoms with Crippen LogP contribution in [0.25, 0.3) is 0 Å². The molecule has 7 atom stereocenters. The van der Waals surface area contributed by atoms with E-state index in [9.17, 15) is 35.1 Å². The van der Waals surface area contributed by atoms with Gasteiger partial charge in [-0.05, 0) is 70.6 Å². The van der Waals surface area contributed by atoms with Crippen LogP contribution in [0.4, 0.5) is 0 Å². The normalized spacial score (nSPS) is 18.1. The molecule has 1 heterocycles. The first kappa shape index (κ1) is 81.9. The first-order valence-corrected chi connectivity index (χ1v) is 37.3. The molecule has 1 aliphatic heterocycles. The van der Waals surface area contributed by atoms with E-state index in [2.05, 4.69) is 43.5 Å². The lowest BCUT2D eigenvalue weighted by Crippen LogP contribution is -2.60. The Hall–Kier alpha value is -2.12. The Bertz CT molecular complexity index is 1520. The molecule has 0 spiro atoms. The van der Waals surface area contributed by atoms with E-state index in [4.69, 9.17) is 14.2 Å². The average Bonchev–Trinajstić information content (AvgIpc) is 3.70. The van der Waals surface area contributed by atoms with Crippen LogP contribution in [0.5, 0.6) is 0 Å². The molecule has 0 aliphatic carbocycles. The molecule has 0 aromatic rings. The molecule has 1 amide bonds. The fourth-order valence-corrected chi connectivity index (χ4v) is 11.9. The van der Waals surface area contributed by atoms with Gasteiger partial charge in [0.05, 0.1) is 32.0 Å². The maximum atomic E-state index is 13.0. The molecule has 0 aromatic heterocycles. The highest BCUT2D eigenvalue weighted by molar-refractivity contribution is 5.76. The van der Waals surface area contributed by atoms with Gasteiger partial charge in [0.15, 0.2) is 6.29 Å². The molecule has 1 aliphatic rings. The Morgan fingerprint density at radius 2 is 0.756 bits per heavy atom. The Morgan fingerprint density at radius 3 is 1.17 bits per heavy atom. The second-order valence-electron chi connectivity index (χ2n) is 26.0. The summed E-state index contributed by atoms with van der Waals surface area (Å²) in [6.07, 6.45) is 73.2. The predicted molar refractivity (Wildman–Crippen MR) is 361 cm³/mol. The average molecular weight is 1220 g/mol. The number of amides is 1. The van der Waals surface area contributed by atoms with Crippen LogP contribution in [-0.2, 0) is 23.8 Å². The fourth-order valence-electron chi connectivity index (χ4n) is 11.9. The largest absolute Gasteiger partial charge is 0.466 e. The van der Waals surface area contributed by atoms with E-state index in [0.29, 0.717) is 19.4 Å². The Kier molecular flexibility index (Phi) is 61.3. The van der Waals surface area contributed by atoms with Crippen molar-refractivity contribution in [3.05, 3.63) is 36.5 Å². The third-order valence-electron chi connectivity index (χ3n) is 17.7. The fraction of sp³-hybridized carbons (Fsp3) is 0.893. The standard InChI is InChI=1S/C75H141NO10/c1-3-5-7-9-11-13-14-15-16-33-37-40-43-47-51-55-59-63-71(80)84-64-60-56-52-48-44-41-38-35-32-30-28-26-24-22-20-18-17-19-21-23-25-27-29-31-34-36-39-42-46-50-54-58-62-70(79)76-67(68(78)61-57-53-49-45-12-10-8-6-4-2)66-85-75-74(83)73(82)72(81)69(65-77)86-75/h12,20,22,45,57,61,67-69,72-75,77-78,81-83H,3-11,13-19,21,23-44,46-56,58-60,62-66H2,1-2H3,(H,76,79)/b22-20-,45-12+,61-57+. The molecule has 1 fully saturated rings. The Labute approximate surface area is 530 Å². The zero-order valence-electron chi connectivity index (χ0n) is 56.3. The third kappa shape index (κ3) is 52.6. The maximum absolute atomic E-state index is 13.0. The summed E-state index contributed by atoms with van der Waals surface area (Å²) in [6.45, 7) is 4.32. The van der Waals surface area contributed by atoms with Crippen LogP contribution in [-0.4, -0.2) is 100 Å². The van der Waals surface area contributed by atoms with Crippen molar-refractivity contribution in [3.8, 4) is 0 Å². The highest BCUT2D eigenvalue weighted by atomic mass is 16.7. The maximum Gasteiger partial charge on any atom is 0.305 e. The topological polar surface area (TPSA) is 175 Å². The monoisotopic (exact) mass is 1220 g/mol. The van der Waals surface area contributed by atoms with Gasteiger partial charge in [0, 0.05) is 12.8 Å². The van der Waals surface area contributed by atoms with E-state index in [1.807, 2.05) is 6.08 Å². The number of hydrogen-bond acceptors (Lipinski definition) is 10. The molecule has 0 radical (unpaired) electrons. The van der Waals surface area contributed by atoms with Crippen molar-refractivity contribution >= 4 is 11.9 Å². The van der Waals surface area contributed by atoms with Gasteiger partial charge in [-0.25, -0.2) is 0 Å². The van der Waals surface area contributed by atoms with E-state index < -0.39 is 49.5 Å². The van der Waals surface area contributed by atoms with E-state index >= 15 is 0 Å². The van der Waals surface area contributed by atoms with Crippen LogP contribution >= 0.6 is 0 Å². The highest BCUT2D eigenvalue weighted by Gasteiger charge is 2.44. The molecule has 0 saturated carbocycles. The Balaban J connectivity index is 1.88. The second-order valence-corrected chi connectivity index (χ2v) is 26.0. The summed E-state index contributed by atoms with van der Waals surface area (Å²) in [5.41, 5.74) is 0. The predicted octanol–water partition coefficient (Wildman–Crippen LogP) is 19.4. The molecule has 1 saturated heterocycles. The molecular weight excluding hydrogens is 1070 g/mol. The zero-order chi connectivity index (χ0) is 62.3. The van der Waals surface area contributed by atoms with Gasteiger partial charge in [0.25, 0.3) is 0 Å². The first-order chi connectivity index (χ1) is 42.2. The summed E-state index contributed by atoms with van der Waals surface area (Å²) < 4.78 is 16.7. The first-order valence-electron chi connectivity index (χ1n) is 37.3. The number of aliphatic hydroxyl groups is 5. The second kappa shape index (κ2) is 64.4. The minimum absolute atomic E-state index is 0.0148. The quantitative estimate of drug-likeness (QED) is 0.0195. The molecule has 0 aromatic carbocycles. The molecule has 11 nitrogen and oxygen atoms in total. The number of rotatable bonds is 66. The van der Waals surface area contributed by atoms with E-state index in [1.165, 1.54) is 289 Å². The van der Waals surface area contributed by atoms with Crippen molar-refractivity contribution in [2.45, 2.75) is 410 Å². The number of carbonyl (C=O) groups is 2. The van der Waals surface area contributed by atoms with Crippen molar-refractivity contribution < 1.29 is 49.3 Å². The van der Waals surface area contributed by atoms with Gasteiger partial charge in [0.1, 0.15) is 24.4 Å². The van der Waals surface area contributed by atoms with E-state index in [-0.39, 0.29) is 18.5 Å². The van der Waals surface area contributed by atoms with Crippen LogP contribution in [0.15, 0.2) is 36.5 Å². The zero-order valence-corrected chi connectivity index (χ0v) is 56.3. The van der Waals surface area contributed by atoms with Crippen LogP contribution < -0.4 is 5.32 Å². The molecule has 86 heavy (non-hydrogen) atoms. The number of unbranched alkanes of at least 4 members (excludes halogenated alkanes) is 48. The van der Waals surface area contributed by atoms with Gasteiger partial charge >= 0.3 is 5.97 Å². The van der Waals surface area contributed by atoms with Gasteiger partial charge in [-0.3, -0.25) is 9.59 Å². The van der Waals surface area contributed by atoms with Gasteiger partial charge in [0.2, 0.25) is 5.91 Å². The summed E-state index contributed by atoms with van der Waals surface area (Å²) in [4.78, 5) is 25.1. The summed E-state index contributed by atoms with van der Waals surface area (Å²) in [5.74, 6) is -0.176. The smallest absolute Gasteiger partial charge is 0.305 e. The molecule has 1 rings (SSSR count). The van der Waals surface area contributed by atoms with Crippen molar-refractivity contribution in [3.63, 3.8) is 0 Å². The number of nitrogens with one attached hydrogen (secondary N) is 1. The summed E-state index contributed by atoms with van der Waals surface area (Å²) >= 11 is 0. The van der Waals surface area contributed by atoms with E-state index in [0.717, 1.165) is 51.4 Å². The third-order valence-corrected chi connectivity index (χ3v) is 17.7. The summed E-state index contributed by atoms with van der Waals surface area (Å²) in [5, 5.41) is 54.3. The van der Waals surface area contributed by atoms with Crippen LogP contribution in [0, 0.1) is 0 Å². The van der Waals surface area contributed by atoms with Crippen molar-refractivity contribution in [2.24, 2.45) is 0 Å². The molecule has 7 unspecified atom stereocenters. The minimum atomic E-state index is -1.57. The van der Waals surface area contributed by atoms with E-state index in [1.54, 1.807) is 6.08 Å². The summed E-state index contributed by atoms with van der Waals surface area (Å²) in [6, 6.07) is -0.824. The number of ether oxygens (including phenoxy) is 3. The Morgan fingerprint density at radius 1 is 0.419 bits per heavy atom. The van der Waals surface area contributed by atoms with Gasteiger partial charge in [-0.2, -0.15) is 0 Å². The van der Waals surface area contributed by atoms with Crippen LogP contribution in [0.1, 0.15) is 367 Å². The molecular formula is C75H141NO10. The lowest BCUT2D eigenvalue weighted by Gasteiger charge is -2.40.